The number of benzene rings is 2. The van der Waals surface area contributed by atoms with E-state index >= 15 is 0 Å². The van der Waals surface area contributed by atoms with Crippen LogP contribution in [-0.2, 0) is 9.59 Å². The number of rotatable bonds is 10. The van der Waals surface area contributed by atoms with Crippen LogP contribution in [0.3, 0.4) is 0 Å². The molecule has 20 heteroatoms. The van der Waals surface area contributed by atoms with Gasteiger partial charge in [0.15, 0.2) is 0 Å². The molecular formula is C41H32Br4Cl4N6O4Se2. The number of hydrogen-bond donors (Lipinski definition) is 0. The van der Waals surface area contributed by atoms with Gasteiger partial charge in [0.1, 0.15) is 0 Å². The van der Waals surface area contributed by atoms with Gasteiger partial charge in [0, 0.05) is 0 Å². The van der Waals surface area contributed by atoms with E-state index in [2.05, 4.69) is 73.9 Å². The second-order valence-corrected chi connectivity index (χ2v) is 25.9. The van der Waals surface area contributed by atoms with E-state index in [1.807, 2.05) is 24.3 Å². The monoisotopic (exact) mass is 1290 g/mol. The van der Waals surface area contributed by atoms with Crippen LogP contribution < -0.4 is 0 Å². The number of piperidine rings is 1. The maximum atomic E-state index is 13.1. The quantitative estimate of drug-likeness (QED) is 0.0768. The number of ketones is 2. The van der Waals surface area contributed by atoms with Gasteiger partial charge in [-0.05, 0) is 0 Å². The molecule has 2 aliphatic heterocycles. The number of carbonyl (C=O) groups excluding carboxylic acids is 4. The van der Waals surface area contributed by atoms with Crippen molar-refractivity contribution in [1.29, 1.82) is 0 Å². The van der Waals surface area contributed by atoms with Gasteiger partial charge >= 0.3 is 422 Å². The molecule has 0 aliphatic carbocycles. The van der Waals surface area contributed by atoms with Crippen molar-refractivity contribution in [3.8, 4) is 31.6 Å². The molecule has 0 radical (unpaired) electrons. The average Bonchev–Trinajstić information content (AvgIpc) is 4.08. The summed E-state index contributed by atoms with van der Waals surface area (Å²) in [5.41, 5.74) is 3.18. The Bertz CT molecular complexity index is 2650. The molecule has 318 valence electrons. The van der Waals surface area contributed by atoms with Crippen LogP contribution in [0.4, 0.5) is 0 Å². The molecular weight excluding hydrogens is 1260 g/mol. The molecule has 0 unspecified atom stereocenters. The van der Waals surface area contributed by atoms with Gasteiger partial charge in [0.25, 0.3) is 0 Å². The molecule has 2 aromatic carbocycles. The zero-order valence-corrected chi connectivity index (χ0v) is 44.5. The van der Waals surface area contributed by atoms with Crippen molar-refractivity contribution in [2.45, 2.75) is 44.9 Å². The van der Waals surface area contributed by atoms with E-state index in [0.29, 0.717) is 66.6 Å². The summed E-state index contributed by atoms with van der Waals surface area (Å²) >= 11 is 39.3. The molecule has 2 amide bonds. The average molecular weight is 1290 g/mol. The Kier molecular flexibility index (Phi) is 16.3. The third-order valence-corrected chi connectivity index (χ3v) is 18.3. The fourth-order valence-electron chi connectivity index (χ4n) is 6.89. The zero-order valence-electron chi connectivity index (χ0n) is 31.7. The SMILES string of the molecule is O=C(CC(=O)N1CCCC1)c1nn(-c2ccc(Cl)cc2Cl)c(-c2ccc(Br)[se]2)c1Br.O=C(CC(=O)N1CCCCC1)c1nn(-c2ccc(Cl)cc2Cl)c(-c2ccc(Br)[se]2)c1Br. The van der Waals surface area contributed by atoms with E-state index in [-0.39, 0.29) is 76.6 Å². The predicted molar refractivity (Wildman–Crippen MR) is 257 cm³/mol. The normalized spacial score (nSPS) is 14.0. The topological polar surface area (TPSA) is 110 Å². The van der Waals surface area contributed by atoms with Gasteiger partial charge in [0.05, 0.1) is 0 Å². The molecule has 0 N–H and O–H groups in total. The minimum absolute atomic E-state index is 0.0309. The summed E-state index contributed by atoms with van der Waals surface area (Å²) in [6.07, 6.45) is 4.65. The van der Waals surface area contributed by atoms with E-state index in [9.17, 15) is 19.2 Å². The first-order valence-electron chi connectivity index (χ1n) is 18.8. The molecule has 6 aromatic rings. The van der Waals surface area contributed by atoms with Crippen molar-refractivity contribution in [1.82, 2.24) is 29.4 Å². The van der Waals surface area contributed by atoms with Crippen molar-refractivity contribution in [2.24, 2.45) is 0 Å². The molecule has 2 saturated heterocycles. The Morgan fingerprint density at radius 2 is 0.918 bits per heavy atom. The van der Waals surface area contributed by atoms with Crippen LogP contribution >= 0.6 is 110 Å². The number of Topliss-reactive ketones (excluding diaryl/α,β-unsaturated/α-hetero) is 2. The summed E-state index contributed by atoms with van der Waals surface area (Å²) < 4.78 is 8.69. The third-order valence-electron chi connectivity index (χ3n) is 9.86. The van der Waals surface area contributed by atoms with Crippen molar-refractivity contribution >= 4 is 163 Å². The Morgan fingerprint density at radius 3 is 1.26 bits per heavy atom. The molecule has 10 nitrogen and oxygen atoms in total. The molecule has 4 aromatic heterocycles. The van der Waals surface area contributed by atoms with Crippen molar-refractivity contribution in [3.63, 3.8) is 0 Å². The fraction of sp³-hybridized carbons (Fsp3) is 0.268. The van der Waals surface area contributed by atoms with Crippen LogP contribution in [0.1, 0.15) is 65.9 Å². The van der Waals surface area contributed by atoms with Crippen LogP contribution in [0.5, 0.6) is 0 Å². The fourth-order valence-corrected chi connectivity index (χ4v) is 15.1. The first kappa shape index (κ1) is 47.2. The van der Waals surface area contributed by atoms with Crippen molar-refractivity contribution < 1.29 is 19.2 Å². The Morgan fingerprint density at radius 1 is 0.541 bits per heavy atom. The molecule has 2 fully saturated rings. The summed E-state index contributed by atoms with van der Waals surface area (Å²) in [7, 11) is 0. The summed E-state index contributed by atoms with van der Waals surface area (Å²) in [5, 5.41) is 11.0. The second kappa shape index (κ2) is 21.0. The zero-order chi connectivity index (χ0) is 43.5. The molecule has 0 atom stereocenters. The maximum absolute atomic E-state index is 13.1. The first-order chi connectivity index (χ1) is 29.2. The molecule has 0 saturated carbocycles. The molecule has 6 heterocycles. The van der Waals surface area contributed by atoms with Crippen LogP contribution in [0.25, 0.3) is 31.6 Å². The Hall–Kier alpha value is -1.78. The van der Waals surface area contributed by atoms with Crippen molar-refractivity contribution in [3.05, 3.63) is 108 Å². The molecule has 0 bridgehead atoms. The van der Waals surface area contributed by atoms with Gasteiger partial charge in [-0.3, -0.25) is 0 Å². The van der Waals surface area contributed by atoms with Gasteiger partial charge < -0.3 is 0 Å². The van der Waals surface area contributed by atoms with Gasteiger partial charge in [0.2, 0.25) is 0 Å². The summed E-state index contributed by atoms with van der Waals surface area (Å²) in [4.78, 5) is 54.7. The van der Waals surface area contributed by atoms with E-state index in [1.54, 1.807) is 55.6 Å². The van der Waals surface area contributed by atoms with Gasteiger partial charge in [-0.15, -0.1) is 0 Å². The Balaban J connectivity index is 0.000000184. The molecule has 0 spiro atoms. The van der Waals surface area contributed by atoms with Gasteiger partial charge in [-0.1, -0.05) is 0 Å². The number of amides is 2. The number of halogens is 8. The number of hydrogen-bond acceptors (Lipinski definition) is 6. The summed E-state index contributed by atoms with van der Waals surface area (Å²) in [5.74, 6) is -0.933. The number of nitrogens with zero attached hydrogens (tertiary/aromatic N) is 6. The Labute approximate surface area is 417 Å². The molecule has 8 rings (SSSR count). The predicted octanol–water partition coefficient (Wildman–Crippen LogP) is 11.6. The number of likely N-dealkylation sites (tertiary alicyclic amines) is 2. The summed E-state index contributed by atoms with van der Waals surface area (Å²) in [6.45, 7) is 2.84. The van der Waals surface area contributed by atoms with E-state index in [0.717, 1.165) is 59.1 Å². The number of carbonyl (C=O) groups is 4. The van der Waals surface area contributed by atoms with E-state index in [1.165, 1.54) is 0 Å². The summed E-state index contributed by atoms with van der Waals surface area (Å²) in [6, 6.07) is 18.2. The van der Waals surface area contributed by atoms with Crippen molar-refractivity contribution in [2.75, 3.05) is 26.2 Å². The van der Waals surface area contributed by atoms with Crippen LogP contribution in [-0.4, -0.2) is 108 Å². The third kappa shape index (κ3) is 11.0. The standard InChI is InChI=1S/C21H17Br2Cl2N3O2Se.C20H15Br2Cl2N3O2Se/c22-17-7-6-16(31-17)21-19(23)20(15(29)11-18(30)27-8-2-1-3-9-27)26-28(21)14-5-4-12(24)10-13(14)25;21-16-6-5-15(30-16)20-18(22)19(14(28)10-17(29)26-7-1-2-8-26)25-27(20)13-4-3-11(23)9-12(13)24/h4-7,10H,1-3,8-9,11H2;3-6,9H,1-2,7-8,10H2. The second-order valence-electron chi connectivity index (χ2n) is 14.0. The molecule has 2 aliphatic rings. The van der Waals surface area contributed by atoms with Crippen LogP contribution in [0.15, 0.2) is 76.3 Å². The van der Waals surface area contributed by atoms with E-state index < -0.39 is 0 Å². The van der Waals surface area contributed by atoms with E-state index in [4.69, 9.17) is 46.4 Å². The van der Waals surface area contributed by atoms with Crippen LogP contribution in [0.2, 0.25) is 20.1 Å². The minimum atomic E-state index is -0.318. The van der Waals surface area contributed by atoms with Gasteiger partial charge in [-0.2, -0.15) is 0 Å². The number of aromatic nitrogens is 4. The van der Waals surface area contributed by atoms with Gasteiger partial charge in [-0.25, -0.2) is 0 Å². The van der Waals surface area contributed by atoms with Crippen LogP contribution in [0, 0.1) is 0 Å². The molecule has 61 heavy (non-hydrogen) atoms. The first-order valence-corrected chi connectivity index (χ1v) is 26.9.